The number of allylic oxidation sites excluding steroid dienone is 2. The highest BCUT2D eigenvalue weighted by molar-refractivity contribution is 5.77. The van der Waals surface area contributed by atoms with E-state index in [2.05, 4.69) is 82.2 Å². The van der Waals surface area contributed by atoms with Crippen LogP contribution in [-0.2, 0) is 4.79 Å². The molecule has 0 bridgehead atoms. The van der Waals surface area contributed by atoms with E-state index in [1.165, 1.54) is 24.8 Å². The van der Waals surface area contributed by atoms with Crippen LogP contribution in [0.2, 0.25) is 0 Å². The van der Waals surface area contributed by atoms with E-state index in [4.69, 9.17) is 5.73 Å². The lowest BCUT2D eigenvalue weighted by Gasteiger charge is -2.49. The molecular formula is C24H47NO. The molecule has 0 saturated carbocycles. The lowest BCUT2D eigenvalue weighted by molar-refractivity contribution is -0.131. The van der Waals surface area contributed by atoms with Crippen LogP contribution in [0.4, 0.5) is 0 Å². The second-order valence-corrected chi connectivity index (χ2v) is 11.3. The third-order valence-electron chi connectivity index (χ3n) is 6.78. The van der Waals surface area contributed by atoms with Gasteiger partial charge >= 0.3 is 0 Å². The fourth-order valence-electron chi connectivity index (χ4n) is 4.01. The van der Waals surface area contributed by atoms with Crippen molar-refractivity contribution in [3.63, 3.8) is 0 Å². The van der Waals surface area contributed by atoms with E-state index in [1.54, 1.807) is 0 Å². The number of rotatable bonds is 10. The third-order valence-corrected chi connectivity index (χ3v) is 6.78. The van der Waals surface area contributed by atoms with Crippen molar-refractivity contribution in [3.05, 3.63) is 11.6 Å². The number of amides is 1. The standard InChI is InChI=1S/C24H47NO/c1-12-14-15-22(6,7)18(13-2)16-23(8,9)24(10,11)19(20(25)26)17-21(3,4)5/h13,19H,12,14-17H2,1-11H3,(H2,25,26). The Bertz CT molecular complexity index is 489. The van der Waals surface area contributed by atoms with E-state index in [9.17, 15) is 4.79 Å². The summed E-state index contributed by atoms with van der Waals surface area (Å²) in [5.41, 5.74) is 7.47. The fourth-order valence-corrected chi connectivity index (χ4v) is 4.01. The zero-order chi connectivity index (χ0) is 21.0. The maximum Gasteiger partial charge on any atom is 0.221 e. The van der Waals surface area contributed by atoms with E-state index in [1.807, 2.05) is 0 Å². The molecule has 0 aliphatic rings. The molecule has 0 aliphatic carbocycles. The molecule has 0 aromatic heterocycles. The first-order valence-corrected chi connectivity index (χ1v) is 10.5. The van der Waals surface area contributed by atoms with Crippen molar-refractivity contribution >= 4 is 5.91 Å². The van der Waals surface area contributed by atoms with Crippen LogP contribution in [0.25, 0.3) is 0 Å². The van der Waals surface area contributed by atoms with Gasteiger partial charge in [0.25, 0.3) is 0 Å². The van der Waals surface area contributed by atoms with Crippen molar-refractivity contribution in [2.45, 2.75) is 108 Å². The molecule has 2 nitrogen and oxygen atoms in total. The highest BCUT2D eigenvalue weighted by atomic mass is 16.1. The van der Waals surface area contributed by atoms with Gasteiger partial charge in [-0.2, -0.15) is 0 Å². The zero-order valence-corrected chi connectivity index (χ0v) is 19.7. The molecule has 0 spiro atoms. The monoisotopic (exact) mass is 365 g/mol. The summed E-state index contributed by atoms with van der Waals surface area (Å²) in [6, 6.07) is 0. The topological polar surface area (TPSA) is 43.1 Å². The van der Waals surface area contributed by atoms with E-state index >= 15 is 0 Å². The van der Waals surface area contributed by atoms with Gasteiger partial charge in [-0.3, -0.25) is 4.79 Å². The molecule has 154 valence electrons. The Balaban J connectivity index is 5.70. The highest BCUT2D eigenvalue weighted by Crippen LogP contribution is 2.53. The van der Waals surface area contributed by atoms with Crippen LogP contribution in [0.3, 0.4) is 0 Å². The molecular weight excluding hydrogens is 318 g/mol. The Kier molecular flexibility index (Phi) is 8.66. The molecule has 0 radical (unpaired) electrons. The summed E-state index contributed by atoms with van der Waals surface area (Å²) < 4.78 is 0. The molecule has 0 aromatic carbocycles. The van der Waals surface area contributed by atoms with Gasteiger partial charge in [-0.1, -0.05) is 93.7 Å². The van der Waals surface area contributed by atoms with Gasteiger partial charge in [0.2, 0.25) is 5.91 Å². The number of primary amides is 1. The van der Waals surface area contributed by atoms with Crippen LogP contribution >= 0.6 is 0 Å². The molecule has 0 saturated heterocycles. The summed E-state index contributed by atoms with van der Waals surface area (Å²) in [5, 5.41) is 0. The molecule has 2 N–H and O–H groups in total. The van der Waals surface area contributed by atoms with Crippen molar-refractivity contribution < 1.29 is 4.79 Å². The number of hydrogen-bond donors (Lipinski definition) is 1. The van der Waals surface area contributed by atoms with Gasteiger partial charge in [-0.25, -0.2) is 0 Å². The van der Waals surface area contributed by atoms with Crippen LogP contribution in [0.1, 0.15) is 108 Å². The highest BCUT2D eigenvalue weighted by Gasteiger charge is 2.47. The van der Waals surface area contributed by atoms with Gasteiger partial charge < -0.3 is 5.73 Å². The minimum Gasteiger partial charge on any atom is -0.369 e. The molecule has 0 heterocycles. The lowest BCUT2D eigenvalue weighted by Crippen LogP contribution is -2.47. The minimum atomic E-state index is -0.179. The number of unbranched alkanes of at least 4 members (excludes halogenated alkanes) is 1. The van der Waals surface area contributed by atoms with Crippen molar-refractivity contribution in [2.24, 2.45) is 33.3 Å². The van der Waals surface area contributed by atoms with Crippen molar-refractivity contribution in [3.8, 4) is 0 Å². The van der Waals surface area contributed by atoms with Gasteiger partial charge in [0.05, 0.1) is 0 Å². The summed E-state index contributed by atoms with van der Waals surface area (Å²) in [7, 11) is 0. The quantitative estimate of drug-likeness (QED) is 0.411. The predicted molar refractivity (Wildman–Crippen MR) is 116 cm³/mol. The molecule has 1 atom stereocenters. The van der Waals surface area contributed by atoms with Crippen molar-refractivity contribution in [1.29, 1.82) is 0 Å². The normalized spacial score (nSPS) is 15.9. The average Bonchev–Trinajstić information content (AvgIpc) is 2.46. The average molecular weight is 366 g/mol. The molecule has 0 rings (SSSR count). The molecule has 0 fully saturated rings. The number of carbonyl (C=O) groups excluding carboxylic acids is 1. The summed E-state index contributed by atoms with van der Waals surface area (Å²) in [4.78, 5) is 12.4. The summed E-state index contributed by atoms with van der Waals surface area (Å²) in [5.74, 6) is -0.292. The lowest BCUT2D eigenvalue weighted by atomic mass is 9.55. The van der Waals surface area contributed by atoms with Gasteiger partial charge in [-0.05, 0) is 47.8 Å². The third kappa shape index (κ3) is 6.74. The van der Waals surface area contributed by atoms with Gasteiger partial charge in [0.15, 0.2) is 0 Å². The Morgan fingerprint density at radius 1 is 1.00 bits per heavy atom. The first-order chi connectivity index (χ1) is 11.5. The van der Waals surface area contributed by atoms with Crippen LogP contribution in [0.15, 0.2) is 11.6 Å². The molecule has 0 aliphatic heterocycles. The second-order valence-electron chi connectivity index (χ2n) is 11.3. The Labute approximate surface area is 164 Å². The van der Waals surface area contributed by atoms with Crippen LogP contribution < -0.4 is 5.73 Å². The summed E-state index contributed by atoms with van der Waals surface area (Å²) in [6.07, 6.45) is 7.81. The van der Waals surface area contributed by atoms with E-state index in [-0.39, 0.29) is 33.5 Å². The van der Waals surface area contributed by atoms with Gasteiger partial charge in [0, 0.05) is 5.92 Å². The first kappa shape index (κ1) is 25.2. The maximum absolute atomic E-state index is 12.4. The minimum absolute atomic E-state index is 0.0245. The van der Waals surface area contributed by atoms with E-state index < -0.39 is 0 Å². The molecule has 1 amide bonds. The second kappa shape index (κ2) is 8.93. The van der Waals surface area contributed by atoms with E-state index in [0.29, 0.717) is 0 Å². The van der Waals surface area contributed by atoms with Gasteiger partial charge in [0.1, 0.15) is 0 Å². The summed E-state index contributed by atoms with van der Waals surface area (Å²) in [6.45, 7) is 24.8. The summed E-state index contributed by atoms with van der Waals surface area (Å²) >= 11 is 0. The molecule has 26 heavy (non-hydrogen) atoms. The number of nitrogens with two attached hydrogens (primary N) is 1. The fraction of sp³-hybridized carbons (Fsp3) is 0.875. The number of hydrogen-bond acceptors (Lipinski definition) is 1. The van der Waals surface area contributed by atoms with Gasteiger partial charge in [-0.15, -0.1) is 0 Å². The Hall–Kier alpha value is -0.790. The Morgan fingerprint density at radius 2 is 1.50 bits per heavy atom. The SMILES string of the molecule is CC=C(CC(C)(C)C(C)(C)C(CC(C)(C)C)C(N)=O)C(C)(C)CCCC. The number of carbonyl (C=O) groups is 1. The Morgan fingerprint density at radius 3 is 1.85 bits per heavy atom. The zero-order valence-electron chi connectivity index (χ0n) is 19.7. The first-order valence-electron chi connectivity index (χ1n) is 10.5. The van der Waals surface area contributed by atoms with Crippen molar-refractivity contribution in [2.75, 3.05) is 0 Å². The van der Waals surface area contributed by atoms with Crippen molar-refractivity contribution in [1.82, 2.24) is 0 Å². The molecule has 2 heteroatoms. The maximum atomic E-state index is 12.4. The van der Waals surface area contributed by atoms with E-state index in [0.717, 1.165) is 12.8 Å². The van der Waals surface area contributed by atoms with Crippen LogP contribution in [0.5, 0.6) is 0 Å². The van der Waals surface area contributed by atoms with Crippen LogP contribution in [-0.4, -0.2) is 5.91 Å². The largest absolute Gasteiger partial charge is 0.369 e. The van der Waals surface area contributed by atoms with Crippen LogP contribution in [0, 0.1) is 27.6 Å². The molecule has 0 aromatic rings. The molecule has 1 unspecified atom stereocenters. The predicted octanol–water partition coefficient (Wildman–Crippen LogP) is 7.13. The smallest absolute Gasteiger partial charge is 0.221 e.